The SMILES string of the molecule is Cc1ccc(C(=O)NC2CNCC(C)C2)cc1. The molecule has 0 saturated carbocycles. The van der Waals surface area contributed by atoms with Crippen molar-refractivity contribution in [2.24, 2.45) is 5.92 Å². The lowest BCUT2D eigenvalue weighted by atomic mass is 9.97. The third-order valence-electron chi connectivity index (χ3n) is 3.22. The summed E-state index contributed by atoms with van der Waals surface area (Å²) in [5, 5.41) is 6.42. The molecule has 1 aliphatic rings. The first-order valence-electron chi connectivity index (χ1n) is 6.23. The fraction of sp³-hybridized carbons (Fsp3) is 0.500. The van der Waals surface area contributed by atoms with Crippen molar-refractivity contribution in [3.05, 3.63) is 35.4 Å². The lowest BCUT2D eigenvalue weighted by molar-refractivity contribution is 0.0925. The van der Waals surface area contributed by atoms with Crippen LogP contribution in [0.5, 0.6) is 0 Å². The molecule has 0 spiro atoms. The van der Waals surface area contributed by atoms with Gasteiger partial charge in [-0.25, -0.2) is 0 Å². The van der Waals surface area contributed by atoms with Crippen LogP contribution in [0.2, 0.25) is 0 Å². The Labute approximate surface area is 103 Å². The zero-order valence-electron chi connectivity index (χ0n) is 10.5. The van der Waals surface area contributed by atoms with Crippen molar-refractivity contribution in [2.75, 3.05) is 13.1 Å². The Bertz CT molecular complexity index is 386. The second-order valence-electron chi connectivity index (χ2n) is 5.04. The number of benzene rings is 1. The predicted octanol–water partition coefficient (Wildman–Crippen LogP) is 1.72. The Balaban J connectivity index is 1.94. The molecule has 1 aliphatic heterocycles. The minimum Gasteiger partial charge on any atom is -0.348 e. The largest absolute Gasteiger partial charge is 0.348 e. The molecule has 1 amide bonds. The summed E-state index contributed by atoms with van der Waals surface area (Å²) in [6, 6.07) is 7.95. The molecule has 1 fully saturated rings. The molecule has 3 nitrogen and oxygen atoms in total. The zero-order chi connectivity index (χ0) is 12.3. The molecule has 2 unspecified atom stereocenters. The van der Waals surface area contributed by atoms with E-state index in [0.29, 0.717) is 5.92 Å². The van der Waals surface area contributed by atoms with Crippen LogP contribution < -0.4 is 10.6 Å². The number of piperidine rings is 1. The third-order valence-corrected chi connectivity index (χ3v) is 3.22. The molecule has 0 radical (unpaired) electrons. The number of hydrogen-bond acceptors (Lipinski definition) is 2. The van der Waals surface area contributed by atoms with Gasteiger partial charge in [-0.15, -0.1) is 0 Å². The number of amides is 1. The number of aryl methyl sites for hydroxylation is 1. The van der Waals surface area contributed by atoms with E-state index < -0.39 is 0 Å². The van der Waals surface area contributed by atoms with Crippen molar-refractivity contribution in [1.82, 2.24) is 10.6 Å². The van der Waals surface area contributed by atoms with E-state index in [1.54, 1.807) is 0 Å². The molecule has 0 aromatic heterocycles. The maximum Gasteiger partial charge on any atom is 0.251 e. The first-order chi connectivity index (χ1) is 8.15. The Morgan fingerprint density at radius 2 is 2.00 bits per heavy atom. The van der Waals surface area contributed by atoms with E-state index in [4.69, 9.17) is 0 Å². The highest BCUT2D eigenvalue weighted by atomic mass is 16.1. The molecule has 1 aromatic carbocycles. The Morgan fingerprint density at radius 1 is 1.29 bits per heavy atom. The van der Waals surface area contributed by atoms with Gasteiger partial charge in [0.15, 0.2) is 0 Å². The number of hydrogen-bond donors (Lipinski definition) is 2. The molecule has 1 heterocycles. The summed E-state index contributed by atoms with van der Waals surface area (Å²) in [6.45, 7) is 6.16. The van der Waals surface area contributed by atoms with Gasteiger partial charge in [0.2, 0.25) is 0 Å². The summed E-state index contributed by atoms with van der Waals surface area (Å²) in [5.41, 5.74) is 1.92. The van der Waals surface area contributed by atoms with Gasteiger partial charge in [-0.3, -0.25) is 4.79 Å². The van der Waals surface area contributed by atoms with Crippen molar-refractivity contribution in [1.29, 1.82) is 0 Å². The molecular weight excluding hydrogens is 212 g/mol. The normalized spacial score (nSPS) is 24.4. The van der Waals surface area contributed by atoms with Crippen molar-refractivity contribution in [3.8, 4) is 0 Å². The van der Waals surface area contributed by atoms with Crippen molar-refractivity contribution in [2.45, 2.75) is 26.3 Å². The molecule has 0 bridgehead atoms. The van der Waals surface area contributed by atoms with Gasteiger partial charge in [-0.2, -0.15) is 0 Å². The highest BCUT2D eigenvalue weighted by molar-refractivity contribution is 5.94. The zero-order valence-corrected chi connectivity index (χ0v) is 10.5. The average molecular weight is 232 g/mol. The molecule has 1 saturated heterocycles. The maximum atomic E-state index is 12.0. The van der Waals surface area contributed by atoms with Gasteiger partial charge in [0.1, 0.15) is 0 Å². The molecule has 2 rings (SSSR count). The summed E-state index contributed by atoms with van der Waals surface area (Å²) in [5.74, 6) is 0.665. The van der Waals surface area contributed by atoms with Gasteiger partial charge in [-0.1, -0.05) is 24.6 Å². The van der Waals surface area contributed by atoms with Crippen LogP contribution in [-0.2, 0) is 0 Å². The van der Waals surface area contributed by atoms with E-state index in [2.05, 4.69) is 17.6 Å². The monoisotopic (exact) mass is 232 g/mol. The molecule has 2 atom stereocenters. The van der Waals surface area contributed by atoms with Crippen LogP contribution in [-0.4, -0.2) is 25.0 Å². The van der Waals surface area contributed by atoms with E-state index in [1.807, 2.05) is 31.2 Å². The lowest BCUT2D eigenvalue weighted by Gasteiger charge is -2.28. The van der Waals surface area contributed by atoms with E-state index in [-0.39, 0.29) is 11.9 Å². The molecule has 1 aromatic rings. The van der Waals surface area contributed by atoms with Gasteiger partial charge in [0.05, 0.1) is 0 Å². The van der Waals surface area contributed by atoms with Crippen molar-refractivity contribution >= 4 is 5.91 Å². The number of carbonyl (C=O) groups is 1. The van der Waals surface area contributed by atoms with E-state index in [0.717, 1.165) is 25.1 Å². The van der Waals surface area contributed by atoms with Crippen molar-refractivity contribution in [3.63, 3.8) is 0 Å². The van der Waals surface area contributed by atoms with Gasteiger partial charge >= 0.3 is 0 Å². The van der Waals surface area contributed by atoms with Gasteiger partial charge in [-0.05, 0) is 37.9 Å². The van der Waals surface area contributed by atoms with Crippen LogP contribution in [0.1, 0.15) is 29.3 Å². The summed E-state index contributed by atoms with van der Waals surface area (Å²) in [6.07, 6.45) is 1.06. The van der Waals surface area contributed by atoms with Crippen LogP contribution >= 0.6 is 0 Å². The quantitative estimate of drug-likeness (QED) is 0.815. The standard InChI is InChI=1S/C14H20N2O/c1-10-3-5-12(6-4-10)14(17)16-13-7-11(2)8-15-9-13/h3-6,11,13,15H,7-9H2,1-2H3,(H,16,17). The van der Waals surface area contributed by atoms with Gasteiger partial charge in [0, 0.05) is 18.2 Å². The van der Waals surface area contributed by atoms with Crippen LogP contribution in [0.15, 0.2) is 24.3 Å². The highest BCUT2D eigenvalue weighted by Crippen LogP contribution is 2.10. The predicted molar refractivity (Wildman–Crippen MR) is 69.1 cm³/mol. The van der Waals surface area contributed by atoms with Crippen LogP contribution in [0.4, 0.5) is 0 Å². The topological polar surface area (TPSA) is 41.1 Å². The van der Waals surface area contributed by atoms with Crippen LogP contribution in [0.25, 0.3) is 0 Å². The summed E-state index contributed by atoms with van der Waals surface area (Å²) in [4.78, 5) is 12.0. The lowest BCUT2D eigenvalue weighted by Crippen LogP contribution is -2.48. The fourth-order valence-corrected chi connectivity index (χ4v) is 2.24. The van der Waals surface area contributed by atoms with E-state index in [9.17, 15) is 4.79 Å². The summed E-state index contributed by atoms with van der Waals surface area (Å²) < 4.78 is 0. The molecule has 2 N–H and O–H groups in total. The molecule has 3 heteroatoms. The number of carbonyl (C=O) groups excluding carboxylic acids is 1. The second kappa shape index (κ2) is 5.32. The minimum absolute atomic E-state index is 0.0332. The second-order valence-corrected chi connectivity index (χ2v) is 5.04. The summed E-state index contributed by atoms with van der Waals surface area (Å²) >= 11 is 0. The summed E-state index contributed by atoms with van der Waals surface area (Å²) in [7, 11) is 0. The highest BCUT2D eigenvalue weighted by Gasteiger charge is 2.20. The van der Waals surface area contributed by atoms with Crippen molar-refractivity contribution < 1.29 is 4.79 Å². The molecular formula is C14H20N2O. The number of rotatable bonds is 2. The van der Waals surface area contributed by atoms with Crippen LogP contribution in [0.3, 0.4) is 0 Å². The Morgan fingerprint density at radius 3 is 2.65 bits per heavy atom. The van der Waals surface area contributed by atoms with E-state index in [1.165, 1.54) is 5.56 Å². The smallest absolute Gasteiger partial charge is 0.251 e. The van der Waals surface area contributed by atoms with Gasteiger partial charge in [0.25, 0.3) is 5.91 Å². The molecule has 92 valence electrons. The van der Waals surface area contributed by atoms with Gasteiger partial charge < -0.3 is 10.6 Å². The average Bonchev–Trinajstić information content (AvgIpc) is 2.29. The third kappa shape index (κ3) is 3.30. The first-order valence-corrected chi connectivity index (χ1v) is 6.23. The minimum atomic E-state index is 0.0332. The Hall–Kier alpha value is -1.35. The fourth-order valence-electron chi connectivity index (χ4n) is 2.24. The molecule has 17 heavy (non-hydrogen) atoms. The maximum absolute atomic E-state index is 12.0. The first kappa shape index (κ1) is 12.1. The van der Waals surface area contributed by atoms with Crippen LogP contribution in [0, 0.1) is 12.8 Å². The van der Waals surface area contributed by atoms with E-state index >= 15 is 0 Å². The molecule has 0 aliphatic carbocycles. The Kier molecular flexibility index (Phi) is 3.79. The number of nitrogens with one attached hydrogen (secondary N) is 2.